The molecule has 2 aliphatic heterocycles. The number of nitrogens with zero attached hydrogens (tertiary/aromatic N) is 1. The Labute approximate surface area is 150 Å². The van der Waals surface area contributed by atoms with E-state index in [2.05, 4.69) is 39.9 Å². The second-order valence-electron chi connectivity index (χ2n) is 8.62. The molecule has 0 saturated carbocycles. The molecule has 2 fully saturated rings. The third-order valence-electron chi connectivity index (χ3n) is 5.81. The van der Waals surface area contributed by atoms with Crippen molar-refractivity contribution in [2.75, 3.05) is 0 Å². The topological polar surface area (TPSA) is 29.3 Å². The van der Waals surface area contributed by atoms with Crippen molar-refractivity contribution in [3.8, 4) is 0 Å². The molecule has 2 saturated heterocycles. The zero-order chi connectivity index (χ0) is 17.0. The molecule has 2 aliphatic rings. The summed E-state index contributed by atoms with van der Waals surface area (Å²) < 4.78 is 0. The summed E-state index contributed by atoms with van der Waals surface area (Å²) >= 11 is 5.72. The Balaban J connectivity index is 2.00. The molecule has 0 amide bonds. The van der Waals surface area contributed by atoms with Crippen molar-refractivity contribution in [1.82, 2.24) is 4.90 Å². The molecule has 0 bridgehead atoms. The van der Waals surface area contributed by atoms with Crippen LogP contribution < -0.4 is 5.73 Å². The van der Waals surface area contributed by atoms with E-state index in [1.54, 1.807) is 0 Å². The summed E-state index contributed by atoms with van der Waals surface area (Å²) in [6.45, 7) is 9.24. The number of thiocarbonyl (C=S) groups is 1. The third-order valence-corrected chi connectivity index (χ3v) is 6.22. The first-order valence-electron chi connectivity index (χ1n) is 9.77. The van der Waals surface area contributed by atoms with Crippen LogP contribution in [0.4, 0.5) is 0 Å². The van der Waals surface area contributed by atoms with Crippen LogP contribution >= 0.6 is 12.2 Å². The molecular formula is C19H36BN2S. The fourth-order valence-corrected chi connectivity index (χ4v) is 4.89. The van der Waals surface area contributed by atoms with E-state index >= 15 is 0 Å². The molecule has 1 radical (unpaired) electrons. The van der Waals surface area contributed by atoms with Gasteiger partial charge < -0.3 is 10.6 Å². The fourth-order valence-electron chi connectivity index (χ4n) is 4.42. The minimum Gasteiger partial charge on any atom is -0.360 e. The highest BCUT2D eigenvalue weighted by Crippen LogP contribution is 2.38. The summed E-state index contributed by atoms with van der Waals surface area (Å²) in [5.74, 6) is 1.53. The first-order chi connectivity index (χ1) is 10.8. The van der Waals surface area contributed by atoms with Gasteiger partial charge in [0.2, 0.25) is 0 Å². The van der Waals surface area contributed by atoms with Crippen LogP contribution in [0.1, 0.15) is 79.1 Å². The van der Waals surface area contributed by atoms with Crippen molar-refractivity contribution in [1.29, 1.82) is 0 Å². The molecule has 0 aliphatic carbocycles. The highest BCUT2D eigenvalue weighted by molar-refractivity contribution is 7.80. The van der Waals surface area contributed by atoms with Crippen molar-refractivity contribution in [2.24, 2.45) is 17.6 Å². The van der Waals surface area contributed by atoms with Gasteiger partial charge >= 0.3 is 0 Å². The minimum atomic E-state index is 0.0163. The molecule has 3 atom stereocenters. The lowest BCUT2D eigenvalue weighted by Crippen LogP contribution is -2.58. The van der Waals surface area contributed by atoms with E-state index in [1.165, 1.54) is 49.8 Å². The maximum atomic E-state index is 6.54. The van der Waals surface area contributed by atoms with E-state index in [4.69, 9.17) is 18.0 Å². The molecule has 0 aromatic carbocycles. The van der Waals surface area contributed by atoms with Crippen LogP contribution in [0.25, 0.3) is 0 Å². The van der Waals surface area contributed by atoms with Gasteiger partial charge in [-0.3, -0.25) is 0 Å². The molecule has 2 rings (SSSR count). The molecule has 3 unspecified atom stereocenters. The summed E-state index contributed by atoms with van der Waals surface area (Å²) in [5, 5.41) is 0. The van der Waals surface area contributed by atoms with Crippen LogP contribution in [-0.2, 0) is 0 Å². The SMILES string of the molecule is CC(C)CCCCC1C(CC2(N)[B]CC2)CCC(=S)N1C(C)C. The van der Waals surface area contributed by atoms with Crippen LogP contribution in [0.3, 0.4) is 0 Å². The van der Waals surface area contributed by atoms with E-state index in [0.29, 0.717) is 18.0 Å². The quantitative estimate of drug-likeness (QED) is 0.400. The van der Waals surface area contributed by atoms with Gasteiger partial charge in [0, 0.05) is 12.1 Å². The first-order valence-corrected chi connectivity index (χ1v) is 10.2. The van der Waals surface area contributed by atoms with Crippen LogP contribution in [0, 0.1) is 11.8 Å². The number of nitrogens with two attached hydrogens (primary N) is 1. The summed E-state index contributed by atoms with van der Waals surface area (Å²) in [5.41, 5.74) is 6.56. The van der Waals surface area contributed by atoms with Gasteiger partial charge in [-0.25, -0.2) is 0 Å². The first kappa shape index (κ1) is 19.2. The van der Waals surface area contributed by atoms with Crippen molar-refractivity contribution < 1.29 is 0 Å². The van der Waals surface area contributed by atoms with E-state index < -0.39 is 0 Å². The molecule has 131 valence electrons. The van der Waals surface area contributed by atoms with Gasteiger partial charge in [-0.15, -0.1) is 0 Å². The lowest BCUT2D eigenvalue weighted by Gasteiger charge is -2.49. The standard InChI is InChI=1S/C19H36BN2S/c1-14(2)7-5-6-8-17-16(13-19(21)11-12-20-19)9-10-18(23)22(17)15(3)4/h14-17H,5-13,21H2,1-4H3. The smallest absolute Gasteiger partial charge is 0.136 e. The summed E-state index contributed by atoms with van der Waals surface area (Å²) in [6, 6.07) is 1.12. The number of unbranched alkanes of at least 4 members (excludes halogenated alkanes) is 1. The summed E-state index contributed by atoms with van der Waals surface area (Å²) in [4.78, 5) is 3.75. The van der Waals surface area contributed by atoms with Crippen molar-refractivity contribution in [2.45, 2.75) is 103 Å². The van der Waals surface area contributed by atoms with E-state index in [0.717, 1.165) is 18.8 Å². The zero-order valence-corrected chi connectivity index (χ0v) is 16.5. The van der Waals surface area contributed by atoms with Crippen molar-refractivity contribution in [3.63, 3.8) is 0 Å². The minimum absolute atomic E-state index is 0.0163. The van der Waals surface area contributed by atoms with Crippen molar-refractivity contribution in [3.05, 3.63) is 0 Å². The lowest BCUT2D eigenvalue weighted by molar-refractivity contribution is 0.130. The molecule has 0 spiro atoms. The number of piperidine rings is 1. The van der Waals surface area contributed by atoms with Gasteiger partial charge in [-0.05, 0) is 63.2 Å². The van der Waals surface area contributed by atoms with E-state index in [1.807, 2.05) is 0 Å². The predicted octanol–water partition coefficient (Wildman–Crippen LogP) is 4.59. The predicted molar refractivity (Wildman–Crippen MR) is 106 cm³/mol. The summed E-state index contributed by atoms with van der Waals surface area (Å²) in [7, 11) is 2.34. The lowest BCUT2D eigenvalue weighted by atomic mass is 9.40. The highest BCUT2D eigenvalue weighted by Gasteiger charge is 2.41. The maximum Gasteiger partial charge on any atom is 0.136 e. The van der Waals surface area contributed by atoms with Gasteiger partial charge in [0.25, 0.3) is 0 Å². The highest BCUT2D eigenvalue weighted by atomic mass is 32.1. The van der Waals surface area contributed by atoms with Crippen LogP contribution in [0.2, 0.25) is 6.32 Å². The average molecular weight is 335 g/mol. The Kier molecular flexibility index (Phi) is 6.97. The number of rotatable bonds is 8. The summed E-state index contributed by atoms with van der Waals surface area (Å²) in [6.07, 6.45) is 11.2. The molecule has 2 heterocycles. The molecule has 2 nitrogen and oxygen atoms in total. The molecule has 4 heteroatoms. The molecule has 0 aromatic heterocycles. The van der Waals surface area contributed by atoms with Gasteiger partial charge in [0.05, 0.1) is 4.99 Å². The van der Waals surface area contributed by atoms with Crippen LogP contribution in [0.15, 0.2) is 0 Å². The Hall–Kier alpha value is -0.0851. The van der Waals surface area contributed by atoms with Gasteiger partial charge in [0.1, 0.15) is 7.28 Å². The average Bonchev–Trinajstić information content (AvgIpc) is 2.43. The second kappa shape index (κ2) is 8.33. The van der Waals surface area contributed by atoms with Gasteiger partial charge in [0.15, 0.2) is 0 Å². The number of likely N-dealkylation sites (tertiary alicyclic amines) is 1. The van der Waals surface area contributed by atoms with Crippen molar-refractivity contribution >= 4 is 24.5 Å². The zero-order valence-electron chi connectivity index (χ0n) is 15.7. The Morgan fingerprint density at radius 3 is 2.52 bits per heavy atom. The third kappa shape index (κ3) is 5.19. The fraction of sp³-hybridized carbons (Fsp3) is 0.947. The Morgan fingerprint density at radius 2 is 2.00 bits per heavy atom. The normalized spacial score (nSPS) is 31.4. The molecule has 0 aromatic rings. The second-order valence-corrected chi connectivity index (χ2v) is 9.09. The van der Waals surface area contributed by atoms with E-state index in [9.17, 15) is 0 Å². The Bertz CT molecular complexity index is 393. The number of hydrogen-bond acceptors (Lipinski definition) is 2. The molecular weight excluding hydrogens is 299 g/mol. The number of hydrogen-bond donors (Lipinski definition) is 1. The Morgan fingerprint density at radius 1 is 1.30 bits per heavy atom. The van der Waals surface area contributed by atoms with Gasteiger partial charge in [-0.2, -0.15) is 0 Å². The van der Waals surface area contributed by atoms with Gasteiger partial charge in [-0.1, -0.05) is 51.6 Å². The molecule has 23 heavy (non-hydrogen) atoms. The largest absolute Gasteiger partial charge is 0.360 e. The van der Waals surface area contributed by atoms with Crippen LogP contribution in [0.5, 0.6) is 0 Å². The van der Waals surface area contributed by atoms with Crippen LogP contribution in [-0.4, -0.2) is 34.7 Å². The molecule has 2 N–H and O–H groups in total. The monoisotopic (exact) mass is 335 g/mol. The maximum absolute atomic E-state index is 6.54. The van der Waals surface area contributed by atoms with E-state index in [-0.39, 0.29) is 5.44 Å².